The smallest absolute Gasteiger partial charge is 0.347 e. The Balaban J connectivity index is 2.08. The molecule has 0 spiro atoms. The number of nitrogens with zero attached hydrogens (tertiary/aromatic N) is 2. The molecule has 0 aromatic carbocycles. The van der Waals surface area contributed by atoms with E-state index in [0.29, 0.717) is 5.13 Å². The highest BCUT2D eigenvalue weighted by Crippen LogP contribution is 2.23. The van der Waals surface area contributed by atoms with E-state index in [4.69, 9.17) is 5.11 Å². The number of hydrogen-bond donors (Lipinski definition) is 2. The van der Waals surface area contributed by atoms with Gasteiger partial charge in [-0.05, 0) is 18.6 Å². The van der Waals surface area contributed by atoms with Gasteiger partial charge in [-0.2, -0.15) is 0 Å². The van der Waals surface area contributed by atoms with E-state index in [1.165, 1.54) is 6.20 Å². The molecule has 0 fully saturated rings. The summed E-state index contributed by atoms with van der Waals surface area (Å²) in [4.78, 5) is 19.0. The van der Waals surface area contributed by atoms with Crippen LogP contribution in [-0.2, 0) is 0 Å². The third-order valence-corrected chi connectivity index (χ3v) is 3.16. The van der Waals surface area contributed by atoms with Crippen LogP contribution in [0.3, 0.4) is 0 Å². The molecule has 2 aromatic rings. The molecular weight excluding hydrogens is 238 g/mol. The molecule has 2 N–H and O–H groups in total. The van der Waals surface area contributed by atoms with Crippen molar-refractivity contribution >= 4 is 22.4 Å². The standard InChI is InChI=1S/C11H11N3O2S/c1-7(8-3-2-4-12-5-8)14-11-13-6-9(17-11)10(15)16/h2-7H,1H3,(H,13,14)(H,15,16). The van der Waals surface area contributed by atoms with Crippen LogP contribution < -0.4 is 5.32 Å². The van der Waals surface area contributed by atoms with Crippen LogP contribution in [0, 0.1) is 0 Å². The molecule has 1 unspecified atom stereocenters. The normalized spacial score (nSPS) is 12.1. The quantitative estimate of drug-likeness (QED) is 0.870. The van der Waals surface area contributed by atoms with Gasteiger partial charge in [0.1, 0.15) is 4.88 Å². The number of aromatic carboxylic acids is 1. The van der Waals surface area contributed by atoms with Crippen LogP contribution in [0.5, 0.6) is 0 Å². The first-order chi connectivity index (χ1) is 8.16. The van der Waals surface area contributed by atoms with Gasteiger partial charge in [0, 0.05) is 12.4 Å². The molecule has 6 heteroatoms. The van der Waals surface area contributed by atoms with Gasteiger partial charge < -0.3 is 10.4 Å². The average molecular weight is 249 g/mol. The topological polar surface area (TPSA) is 75.1 Å². The Morgan fingerprint density at radius 2 is 2.35 bits per heavy atom. The highest BCUT2D eigenvalue weighted by Gasteiger charge is 2.11. The largest absolute Gasteiger partial charge is 0.477 e. The lowest BCUT2D eigenvalue weighted by molar-refractivity contribution is 0.0702. The Morgan fingerprint density at radius 1 is 1.53 bits per heavy atom. The second-order valence-corrected chi connectivity index (χ2v) is 4.52. The van der Waals surface area contributed by atoms with Crippen molar-refractivity contribution in [2.75, 3.05) is 5.32 Å². The lowest BCUT2D eigenvalue weighted by atomic mass is 10.1. The third-order valence-electron chi connectivity index (χ3n) is 2.24. The molecular formula is C11H11N3O2S. The van der Waals surface area contributed by atoms with E-state index in [0.717, 1.165) is 16.9 Å². The molecule has 0 bridgehead atoms. The van der Waals surface area contributed by atoms with E-state index >= 15 is 0 Å². The predicted molar refractivity (Wildman–Crippen MR) is 65.3 cm³/mol. The highest BCUT2D eigenvalue weighted by atomic mass is 32.1. The van der Waals surface area contributed by atoms with Crippen molar-refractivity contribution in [3.8, 4) is 0 Å². The number of anilines is 1. The van der Waals surface area contributed by atoms with Crippen molar-refractivity contribution in [3.63, 3.8) is 0 Å². The van der Waals surface area contributed by atoms with E-state index in [1.807, 2.05) is 19.1 Å². The van der Waals surface area contributed by atoms with Crippen LogP contribution >= 0.6 is 11.3 Å². The average Bonchev–Trinajstić information content (AvgIpc) is 2.79. The summed E-state index contributed by atoms with van der Waals surface area (Å²) >= 11 is 1.12. The van der Waals surface area contributed by atoms with E-state index < -0.39 is 5.97 Å². The summed E-state index contributed by atoms with van der Waals surface area (Å²) in [7, 11) is 0. The molecule has 0 radical (unpaired) electrons. The van der Waals surface area contributed by atoms with Gasteiger partial charge in [-0.25, -0.2) is 9.78 Å². The monoisotopic (exact) mass is 249 g/mol. The van der Waals surface area contributed by atoms with E-state index in [-0.39, 0.29) is 10.9 Å². The Labute approximate surface area is 102 Å². The molecule has 2 rings (SSSR count). The van der Waals surface area contributed by atoms with E-state index in [9.17, 15) is 4.79 Å². The summed E-state index contributed by atoms with van der Waals surface area (Å²) in [6.45, 7) is 1.97. The highest BCUT2D eigenvalue weighted by molar-refractivity contribution is 7.17. The van der Waals surface area contributed by atoms with E-state index in [2.05, 4.69) is 15.3 Å². The summed E-state index contributed by atoms with van der Waals surface area (Å²) in [6.07, 6.45) is 4.83. The van der Waals surface area contributed by atoms with Crippen molar-refractivity contribution in [2.24, 2.45) is 0 Å². The zero-order valence-electron chi connectivity index (χ0n) is 9.12. The first-order valence-electron chi connectivity index (χ1n) is 5.02. The first kappa shape index (κ1) is 11.5. The van der Waals surface area contributed by atoms with Gasteiger partial charge in [-0.1, -0.05) is 17.4 Å². The van der Waals surface area contributed by atoms with Gasteiger partial charge in [0.25, 0.3) is 0 Å². The molecule has 0 aliphatic carbocycles. The molecule has 2 aromatic heterocycles. The van der Waals surface area contributed by atoms with Crippen LogP contribution in [0.4, 0.5) is 5.13 Å². The molecule has 0 saturated carbocycles. The Hall–Kier alpha value is -1.95. The van der Waals surface area contributed by atoms with Crippen molar-refractivity contribution < 1.29 is 9.90 Å². The number of rotatable bonds is 4. The minimum atomic E-state index is -0.954. The fraction of sp³-hybridized carbons (Fsp3) is 0.182. The summed E-state index contributed by atoms with van der Waals surface area (Å²) < 4.78 is 0. The number of carboxylic acid groups (broad SMARTS) is 1. The summed E-state index contributed by atoms with van der Waals surface area (Å²) in [6, 6.07) is 3.85. The maximum atomic E-state index is 10.7. The van der Waals surface area contributed by atoms with Crippen molar-refractivity contribution in [1.29, 1.82) is 0 Å². The summed E-state index contributed by atoms with van der Waals surface area (Å²) in [5.41, 5.74) is 1.03. The molecule has 0 amide bonds. The van der Waals surface area contributed by atoms with Crippen molar-refractivity contribution in [3.05, 3.63) is 41.2 Å². The molecule has 0 aliphatic rings. The van der Waals surface area contributed by atoms with Gasteiger partial charge in [0.15, 0.2) is 5.13 Å². The minimum absolute atomic E-state index is 0.0384. The fourth-order valence-electron chi connectivity index (χ4n) is 1.34. The van der Waals surface area contributed by atoms with Crippen LogP contribution in [0.1, 0.15) is 28.2 Å². The molecule has 5 nitrogen and oxygen atoms in total. The van der Waals surface area contributed by atoms with Crippen LogP contribution in [0.25, 0.3) is 0 Å². The SMILES string of the molecule is CC(Nc1ncc(C(=O)O)s1)c1cccnc1. The number of pyridine rings is 1. The third kappa shape index (κ3) is 2.79. The zero-order chi connectivity index (χ0) is 12.3. The summed E-state index contributed by atoms with van der Waals surface area (Å²) in [5, 5.41) is 12.5. The Bertz CT molecular complexity index is 512. The molecule has 0 aliphatic heterocycles. The lowest BCUT2D eigenvalue weighted by Crippen LogP contribution is -2.06. The number of thiazole rings is 1. The Morgan fingerprint density at radius 3 is 2.94 bits per heavy atom. The van der Waals surface area contributed by atoms with Gasteiger partial charge in [-0.15, -0.1) is 0 Å². The van der Waals surface area contributed by atoms with Crippen LogP contribution in [0.15, 0.2) is 30.7 Å². The fourth-order valence-corrected chi connectivity index (χ4v) is 2.08. The number of hydrogen-bond acceptors (Lipinski definition) is 5. The second-order valence-electron chi connectivity index (χ2n) is 3.49. The van der Waals surface area contributed by atoms with Gasteiger partial charge in [0.05, 0.1) is 12.2 Å². The second kappa shape index (κ2) is 4.92. The van der Waals surface area contributed by atoms with Crippen molar-refractivity contribution in [2.45, 2.75) is 13.0 Å². The Kier molecular flexibility index (Phi) is 3.34. The molecule has 2 heterocycles. The number of nitrogens with one attached hydrogen (secondary N) is 1. The molecule has 17 heavy (non-hydrogen) atoms. The number of carboxylic acids is 1. The maximum Gasteiger partial charge on any atom is 0.347 e. The molecule has 1 atom stereocenters. The maximum absolute atomic E-state index is 10.7. The summed E-state index contributed by atoms with van der Waals surface area (Å²) in [5.74, 6) is -0.954. The zero-order valence-corrected chi connectivity index (χ0v) is 9.94. The molecule has 88 valence electrons. The molecule has 0 saturated heterocycles. The van der Waals surface area contributed by atoms with Gasteiger partial charge in [0.2, 0.25) is 0 Å². The van der Waals surface area contributed by atoms with Gasteiger partial charge >= 0.3 is 5.97 Å². The lowest BCUT2D eigenvalue weighted by Gasteiger charge is -2.12. The number of carbonyl (C=O) groups is 1. The van der Waals surface area contributed by atoms with Crippen LogP contribution in [-0.4, -0.2) is 21.0 Å². The predicted octanol–water partition coefficient (Wildman–Crippen LogP) is 2.41. The first-order valence-corrected chi connectivity index (χ1v) is 5.84. The number of aromatic nitrogens is 2. The minimum Gasteiger partial charge on any atom is -0.477 e. The van der Waals surface area contributed by atoms with Gasteiger partial charge in [-0.3, -0.25) is 4.98 Å². The van der Waals surface area contributed by atoms with E-state index in [1.54, 1.807) is 12.4 Å². The van der Waals surface area contributed by atoms with Crippen molar-refractivity contribution in [1.82, 2.24) is 9.97 Å². The van der Waals surface area contributed by atoms with Crippen LogP contribution in [0.2, 0.25) is 0 Å².